The Balaban J connectivity index is 0. The van der Waals surface area contributed by atoms with E-state index in [1.807, 2.05) is 0 Å². The fourth-order valence-electron chi connectivity index (χ4n) is 0. The molecular formula is C3H9OSb. The number of rotatable bonds is 0. The number of Topliss-reactive ketones (excluding diaryl/α,β-unsaturated/α-hetero) is 1. The van der Waals surface area contributed by atoms with Gasteiger partial charge in [0.15, 0.2) is 0 Å². The Morgan fingerprint density at radius 3 is 1.40 bits per heavy atom. The summed E-state index contributed by atoms with van der Waals surface area (Å²) in [6.45, 7) is 3.06. The summed E-state index contributed by atoms with van der Waals surface area (Å²) >= 11 is 0. The Bertz CT molecular complexity index is 29.9. The number of ketones is 1. The molecule has 0 unspecified atom stereocenters. The van der Waals surface area contributed by atoms with Crippen LogP contribution in [0.15, 0.2) is 0 Å². The van der Waals surface area contributed by atoms with E-state index in [0.29, 0.717) is 0 Å². The predicted molar refractivity (Wildman–Crippen MR) is 26.3 cm³/mol. The summed E-state index contributed by atoms with van der Waals surface area (Å²) in [4.78, 5) is 9.44. The van der Waals surface area contributed by atoms with Gasteiger partial charge < -0.3 is 4.79 Å². The van der Waals surface area contributed by atoms with Gasteiger partial charge >= 0.3 is 24.4 Å². The fraction of sp³-hybridized carbons (Fsp3) is 0.667. The van der Waals surface area contributed by atoms with Crippen LogP contribution in [0.3, 0.4) is 0 Å². The van der Waals surface area contributed by atoms with Gasteiger partial charge in [0.1, 0.15) is 5.78 Å². The van der Waals surface area contributed by atoms with Gasteiger partial charge in [0.05, 0.1) is 0 Å². The maximum atomic E-state index is 9.44. The Morgan fingerprint density at radius 1 is 1.40 bits per heavy atom. The van der Waals surface area contributed by atoms with Crippen LogP contribution in [0.4, 0.5) is 0 Å². The van der Waals surface area contributed by atoms with Gasteiger partial charge in [-0.15, -0.1) is 0 Å². The molecule has 0 amide bonds. The molecule has 0 spiro atoms. The molecule has 0 aromatic carbocycles. The van der Waals surface area contributed by atoms with Crippen LogP contribution in [0, 0.1) is 0 Å². The Morgan fingerprint density at radius 2 is 1.40 bits per heavy atom. The van der Waals surface area contributed by atoms with Gasteiger partial charge in [0, 0.05) is 0 Å². The van der Waals surface area contributed by atoms with Gasteiger partial charge in [-0.2, -0.15) is 0 Å². The van der Waals surface area contributed by atoms with E-state index < -0.39 is 0 Å². The maximum absolute atomic E-state index is 9.44. The van der Waals surface area contributed by atoms with Gasteiger partial charge in [-0.25, -0.2) is 0 Å². The van der Waals surface area contributed by atoms with Gasteiger partial charge in [0.2, 0.25) is 0 Å². The van der Waals surface area contributed by atoms with Gasteiger partial charge in [-0.05, 0) is 13.8 Å². The summed E-state index contributed by atoms with van der Waals surface area (Å²) in [5.41, 5.74) is 0. The minimum atomic E-state index is 0. The molecule has 0 heterocycles. The van der Waals surface area contributed by atoms with Crippen LogP contribution in [0.2, 0.25) is 0 Å². The van der Waals surface area contributed by atoms with Crippen molar-refractivity contribution < 1.29 is 4.79 Å². The summed E-state index contributed by atoms with van der Waals surface area (Å²) in [5.74, 6) is 0.167. The quantitative estimate of drug-likeness (QED) is 0.458. The zero-order valence-electron chi connectivity index (χ0n) is 3.62. The summed E-state index contributed by atoms with van der Waals surface area (Å²) in [6, 6.07) is 0. The second-order valence-electron chi connectivity index (χ2n) is 0.908. The molecule has 32 valence electrons. The first-order valence-corrected chi connectivity index (χ1v) is 1.20. The van der Waals surface area contributed by atoms with Crippen molar-refractivity contribution in [2.75, 3.05) is 0 Å². The van der Waals surface area contributed by atoms with Crippen molar-refractivity contribution in [1.82, 2.24) is 0 Å². The van der Waals surface area contributed by atoms with Crippen molar-refractivity contribution in [1.29, 1.82) is 0 Å². The summed E-state index contributed by atoms with van der Waals surface area (Å²) < 4.78 is 0. The third-order valence-corrected chi connectivity index (χ3v) is 0. The fourth-order valence-corrected chi connectivity index (χ4v) is 0. The number of hydrogen-bond acceptors (Lipinski definition) is 1. The van der Waals surface area contributed by atoms with E-state index >= 15 is 0 Å². The second-order valence-corrected chi connectivity index (χ2v) is 0.908. The first kappa shape index (κ1) is 9.09. The zero-order valence-corrected chi connectivity index (χ0v) is 7.65. The summed E-state index contributed by atoms with van der Waals surface area (Å²) in [7, 11) is 0. The van der Waals surface area contributed by atoms with E-state index in [4.69, 9.17) is 0 Å². The third kappa shape index (κ3) is 117. The molecule has 0 aromatic rings. The summed E-state index contributed by atoms with van der Waals surface area (Å²) in [6.07, 6.45) is 0. The number of hydrogen-bond donors (Lipinski definition) is 0. The van der Waals surface area contributed by atoms with Crippen molar-refractivity contribution in [2.45, 2.75) is 13.8 Å². The van der Waals surface area contributed by atoms with Crippen LogP contribution in [0.5, 0.6) is 0 Å². The van der Waals surface area contributed by atoms with E-state index in [1.165, 1.54) is 13.8 Å². The van der Waals surface area contributed by atoms with Crippen molar-refractivity contribution in [3.05, 3.63) is 0 Å². The van der Waals surface area contributed by atoms with Crippen LogP contribution in [-0.4, -0.2) is 30.2 Å². The summed E-state index contributed by atoms with van der Waals surface area (Å²) in [5, 5.41) is 0. The van der Waals surface area contributed by atoms with Gasteiger partial charge in [-0.3, -0.25) is 0 Å². The number of carbonyl (C=O) groups excluding carboxylic acids is 1. The normalized spacial score (nSPS) is 5.20. The molecule has 0 radical (unpaired) electrons. The molecule has 0 fully saturated rings. The van der Waals surface area contributed by atoms with Crippen LogP contribution in [-0.2, 0) is 4.79 Å². The molecule has 0 aliphatic heterocycles. The number of carbonyl (C=O) groups is 1. The Hall–Kier alpha value is 0.488. The van der Waals surface area contributed by atoms with Crippen molar-refractivity contribution >= 4 is 30.2 Å². The third-order valence-electron chi connectivity index (χ3n) is 0. The Labute approximate surface area is 49.2 Å². The standard InChI is InChI=1S/C3H6O.Sb.3H/c1-3(2)4;;;;/h1-2H3;;;;. The molecule has 0 saturated carbocycles. The van der Waals surface area contributed by atoms with Crippen LogP contribution >= 0.6 is 0 Å². The van der Waals surface area contributed by atoms with E-state index in [2.05, 4.69) is 0 Å². The van der Waals surface area contributed by atoms with Crippen molar-refractivity contribution in [3.63, 3.8) is 0 Å². The van der Waals surface area contributed by atoms with Gasteiger partial charge in [0.25, 0.3) is 0 Å². The molecule has 0 aliphatic rings. The van der Waals surface area contributed by atoms with Crippen LogP contribution < -0.4 is 0 Å². The van der Waals surface area contributed by atoms with E-state index in [1.54, 1.807) is 0 Å². The molecule has 2 heteroatoms. The average Bonchev–Trinajstić information content (AvgIpc) is 0.811. The molecule has 5 heavy (non-hydrogen) atoms. The van der Waals surface area contributed by atoms with Gasteiger partial charge in [-0.1, -0.05) is 0 Å². The molecule has 0 aromatic heterocycles. The van der Waals surface area contributed by atoms with Crippen molar-refractivity contribution in [3.8, 4) is 0 Å². The van der Waals surface area contributed by atoms with E-state index in [0.717, 1.165) is 0 Å². The molecule has 0 rings (SSSR count). The molecule has 0 atom stereocenters. The molecule has 0 N–H and O–H groups in total. The molecule has 0 aliphatic carbocycles. The first-order valence-electron chi connectivity index (χ1n) is 1.20. The van der Waals surface area contributed by atoms with Crippen LogP contribution in [0.25, 0.3) is 0 Å². The topological polar surface area (TPSA) is 17.1 Å². The Kier molecular flexibility index (Phi) is 8.16. The van der Waals surface area contributed by atoms with E-state index in [9.17, 15) is 4.79 Å². The average molecular weight is 183 g/mol. The zero-order chi connectivity index (χ0) is 3.58. The minimum absolute atomic E-state index is 0. The molecular weight excluding hydrogens is 174 g/mol. The SMILES string of the molecule is CC(C)=O.[SbH3]. The first-order chi connectivity index (χ1) is 1.73. The second kappa shape index (κ2) is 4.49. The van der Waals surface area contributed by atoms with Crippen LogP contribution in [0.1, 0.15) is 13.8 Å². The van der Waals surface area contributed by atoms with Crippen molar-refractivity contribution in [2.24, 2.45) is 0 Å². The van der Waals surface area contributed by atoms with E-state index in [-0.39, 0.29) is 30.2 Å². The molecule has 0 saturated heterocycles. The predicted octanol–water partition coefficient (Wildman–Crippen LogP) is -0.589. The molecule has 1 nitrogen and oxygen atoms in total. The monoisotopic (exact) mass is 182 g/mol. The molecule has 0 bridgehead atoms.